The molecule has 154 valence electrons. The molecule has 0 aliphatic carbocycles. The largest absolute Gasteiger partial charge is 0.321 e. The summed E-state index contributed by atoms with van der Waals surface area (Å²) in [6.07, 6.45) is 0. The Morgan fingerprint density at radius 1 is 0.933 bits per heavy atom. The van der Waals surface area contributed by atoms with E-state index in [0.29, 0.717) is 16.9 Å². The third kappa shape index (κ3) is 4.37. The smallest absolute Gasteiger partial charge is 0.265 e. The first-order chi connectivity index (χ1) is 14.2. The van der Waals surface area contributed by atoms with Gasteiger partial charge in [0.2, 0.25) is 0 Å². The minimum absolute atomic E-state index is 0.00142. The van der Waals surface area contributed by atoms with E-state index >= 15 is 0 Å². The summed E-state index contributed by atoms with van der Waals surface area (Å²) >= 11 is 6.16. The van der Waals surface area contributed by atoms with Crippen LogP contribution in [0.5, 0.6) is 0 Å². The van der Waals surface area contributed by atoms with Crippen molar-refractivity contribution in [1.29, 1.82) is 0 Å². The summed E-state index contributed by atoms with van der Waals surface area (Å²) in [4.78, 5) is 24.3. The lowest BCUT2D eigenvalue weighted by atomic mass is 10.1. The first-order valence-corrected chi connectivity index (χ1v) is 10.8. The number of nitrogens with zero attached hydrogens (tertiary/aromatic N) is 1. The van der Waals surface area contributed by atoms with Gasteiger partial charge < -0.3 is 5.32 Å². The Morgan fingerprint density at radius 2 is 1.57 bits per heavy atom. The van der Waals surface area contributed by atoms with E-state index in [4.69, 9.17) is 11.6 Å². The normalized spacial score (nSPS) is 11.0. The number of ketones is 1. The fourth-order valence-electron chi connectivity index (χ4n) is 2.86. The van der Waals surface area contributed by atoms with Crippen LogP contribution >= 0.6 is 11.6 Å². The number of para-hydroxylation sites is 2. The molecule has 1 amide bonds. The van der Waals surface area contributed by atoms with Gasteiger partial charge in [-0.2, -0.15) is 0 Å². The van der Waals surface area contributed by atoms with Crippen LogP contribution in [0.15, 0.2) is 77.7 Å². The van der Waals surface area contributed by atoms with Gasteiger partial charge >= 0.3 is 0 Å². The average Bonchev–Trinajstić information content (AvgIpc) is 2.74. The molecule has 3 aromatic carbocycles. The standard InChI is InChI=1S/C22H19ClN2O4S/c1-15(26)18-10-6-7-11-20(18)24-22(27)16-12-13-19(23)21(14-16)30(28,29)25(2)17-8-4-3-5-9-17/h3-14H,1-2H3,(H,24,27). The predicted molar refractivity (Wildman–Crippen MR) is 118 cm³/mol. The Balaban J connectivity index is 1.96. The monoisotopic (exact) mass is 442 g/mol. The van der Waals surface area contributed by atoms with E-state index in [9.17, 15) is 18.0 Å². The Kier molecular flexibility index (Phi) is 6.24. The molecule has 3 rings (SSSR count). The molecule has 0 saturated heterocycles. The zero-order valence-electron chi connectivity index (χ0n) is 16.3. The zero-order chi connectivity index (χ0) is 21.9. The summed E-state index contributed by atoms with van der Waals surface area (Å²) in [7, 11) is -2.59. The number of anilines is 2. The third-order valence-corrected chi connectivity index (χ3v) is 6.77. The van der Waals surface area contributed by atoms with Crippen LogP contribution in [-0.2, 0) is 10.0 Å². The number of benzene rings is 3. The number of carbonyl (C=O) groups excluding carboxylic acids is 2. The van der Waals surface area contributed by atoms with Crippen LogP contribution in [0.3, 0.4) is 0 Å². The molecule has 0 saturated carbocycles. The molecule has 0 aliphatic heterocycles. The topological polar surface area (TPSA) is 83.5 Å². The van der Waals surface area contributed by atoms with Gasteiger partial charge in [0.1, 0.15) is 4.90 Å². The molecule has 0 radical (unpaired) electrons. The predicted octanol–water partition coefficient (Wildman–Crippen LogP) is 4.62. The molecule has 0 spiro atoms. The molecule has 30 heavy (non-hydrogen) atoms. The second-order valence-corrected chi connectivity index (χ2v) is 8.85. The summed E-state index contributed by atoms with van der Waals surface area (Å²) in [5, 5.41) is 2.65. The van der Waals surface area contributed by atoms with E-state index in [0.717, 1.165) is 4.31 Å². The van der Waals surface area contributed by atoms with Gasteiger partial charge in [-0.25, -0.2) is 8.42 Å². The molecule has 6 nitrogen and oxygen atoms in total. The van der Waals surface area contributed by atoms with Crippen molar-refractivity contribution in [2.75, 3.05) is 16.7 Å². The van der Waals surface area contributed by atoms with Gasteiger partial charge in [-0.1, -0.05) is 41.9 Å². The summed E-state index contributed by atoms with van der Waals surface area (Å²) in [5.41, 5.74) is 1.25. The van der Waals surface area contributed by atoms with Crippen LogP contribution in [-0.4, -0.2) is 27.2 Å². The molecule has 0 bridgehead atoms. The number of hydrogen-bond acceptors (Lipinski definition) is 4. The van der Waals surface area contributed by atoms with E-state index < -0.39 is 15.9 Å². The van der Waals surface area contributed by atoms with Crippen LogP contribution in [0.25, 0.3) is 0 Å². The highest BCUT2D eigenvalue weighted by Crippen LogP contribution is 2.28. The first kappa shape index (κ1) is 21.5. The van der Waals surface area contributed by atoms with Crippen LogP contribution < -0.4 is 9.62 Å². The lowest BCUT2D eigenvalue weighted by Gasteiger charge is -2.20. The number of Topliss-reactive ketones (excluding diaryl/α,β-unsaturated/α-hetero) is 1. The highest BCUT2D eigenvalue weighted by Gasteiger charge is 2.25. The van der Waals surface area contributed by atoms with Crippen LogP contribution in [0.4, 0.5) is 11.4 Å². The number of halogens is 1. The number of rotatable bonds is 6. The quantitative estimate of drug-likeness (QED) is 0.564. The first-order valence-electron chi connectivity index (χ1n) is 8.96. The van der Waals surface area contributed by atoms with Crippen molar-refractivity contribution in [3.05, 3.63) is 88.9 Å². The molecule has 1 N–H and O–H groups in total. The maximum atomic E-state index is 13.1. The third-order valence-electron chi connectivity index (χ3n) is 4.51. The molecule has 0 heterocycles. The number of sulfonamides is 1. The van der Waals surface area contributed by atoms with Crippen molar-refractivity contribution in [2.24, 2.45) is 0 Å². The second kappa shape index (κ2) is 8.69. The van der Waals surface area contributed by atoms with Crippen molar-refractivity contribution in [1.82, 2.24) is 0 Å². The van der Waals surface area contributed by atoms with Gasteiger partial charge in [0.15, 0.2) is 5.78 Å². The van der Waals surface area contributed by atoms with Crippen molar-refractivity contribution in [2.45, 2.75) is 11.8 Å². The van der Waals surface area contributed by atoms with Crippen molar-refractivity contribution < 1.29 is 18.0 Å². The van der Waals surface area contributed by atoms with Crippen LogP contribution in [0.2, 0.25) is 5.02 Å². The molecule has 0 unspecified atom stereocenters. The van der Waals surface area contributed by atoms with E-state index in [1.807, 2.05) is 0 Å². The Morgan fingerprint density at radius 3 is 2.23 bits per heavy atom. The lowest BCUT2D eigenvalue weighted by Crippen LogP contribution is -2.27. The van der Waals surface area contributed by atoms with Gasteiger partial charge in [-0.05, 0) is 49.4 Å². The summed E-state index contributed by atoms with van der Waals surface area (Å²) in [6.45, 7) is 1.40. The van der Waals surface area contributed by atoms with E-state index in [2.05, 4.69) is 5.32 Å². The van der Waals surface area contributed by atoms with E-state index in [-0.39, 0.29) is 21.3 Å². The lowest BCUT2D eigenvalue weighted by molar-refractivity contribution is 0.101. The number of nitrogens with one attached hydrogen (secondary N) is 1. The van der Waals surface area contributed by atoms with E-state index in [1.165, 1.54) is 32.2 Å². The maximum Gasteiger partial charge on any atom is 0.265 e. The number of carbonyl (C=O) groups is 2. The Labute approximate surface area is 180 Å². The summed E-state index contributed by atoms with van der Waals surface area (Å²) in [5.74, 6) is -0.756. The molecule has 8 heteroatoms. The van der Waals surface area contributed by atoms with Crippen molar-refractivity contribution >= 4 is 44.7 Å². The average molecular weight is 443 g/mol. The molecule has 0 atom stereocenters. The van der Waals surface area contributed by atoms with Gasteiger partial charge in [0.05, 0.1) is 16.4 Å². The van der Waals surface area contributed by atoms with Crippen molar-refractivity contribution in [3.63, 3.8) is 0 Å². The minimum Gasteiger partial charge on any atom is -0.321 e. The highest BCUT2D eigenvalue weighted by atomic mass is 35.5. The zero-order valence-corrected chi connectivity index (χ0v) is 17.9. The SMILES string of the molecule is CC(=O)c1ccccc1NC(=O)c1ccc(Cl)c(S(=O)(=O)N(C)c2ccccc2)c1. The van der Waals surface area contributed by atoms with Crippen molar-refractivity contribution in [3.8, 4) is 0 Å². The Hall–Kier alpha value is -3.16. The molecular formula is C22H19ClN2O4S. The van der Waals surface area contributed by atoms with E-state index in [1.54, 1.807) is 54.6 Å². The maximum absolute atomic E-state index is 13.1. The molecule has 0 aromatic heterocycles. The highest BCUT2D eigenvalue weighted by molar-refractivity contribution is 7.93. The van der Waals surface area contributed by atoms with Gasteiger partial charge in [-0.15, -0.1) is 0 Å². The fraction of sp³-hybridized carbons (Fsp3) is 0.0909. The van der Waals surface area contributed by atoms with Crippen LogP contribution in [0.1, 0.15) is 27.6 Å². The molecular weight excluding hydrogens is 424 g/mol. The Bertz CT molecular complexity index is 1210. The van der Waals surface area contributed by atoms with Crippen LogP contribution in [0, 0.1) is 0 Å². The summed E-state index contributed by atoms with van der Waals surface area (Å²) in [6, 6.07) is 19.1. The fourth-order valence-corrected chi connectivity index (χ4v) is 4.55. The minimum atomic E-state index is -4.01. The molecule has 3 aromatic rings. The molecule has 0 aliphatic rings. The number of hydrogen-bond donors (Lipinski definition) is 1. The van der Waals surface area contributed by atoms with Gasteiger partial charge in [0, 0.05) is 18.2 Å². The second-order valence-electron chi connectivity index (χ2n) is 6.51. The van der Waals surface area contributed by atoms with Gasteiger partial charge in [0.25, 0.3) is 15.9 Å². The summed E-state index contributed by atoms with van der Waals surface area (Å²) < 4.78 is 27.3. The molecule has 0 fully saturated rings. The van der Waals surface area contributed by atoms with Gasteiger partial charge in [-0.3, -0.25) is 13.9 Å². The number of amides is 1.